The molecule has 168 valence electrons. The molecule has 5 aliphatic rings. The van der Waals surface area contributed by atoms with Crippen LogP contribution in [0.2, 0.25) is 0 Å². The van der Waals surface area contributed by atoms with Crippen LogP contribution in [0, 0.1) is 45.8 Å². The predicted molar refractivity (Wildman–Crippen MR) is 119 cm³/mol. The van der Waals surface area contributed by atoms with E-state index in [0.29, 0.717) is 22.2 Å². The van der Waals surface area contributed by atoms with Gasteiger partial charge in [-0.3, -0.25) is 4.39 Å². The van der Waals surface area contributed by atoms with E-state index in [1.54, 1.807) is 0 Å². The van der Waals surface area contributed by atoms with Gasteiger partial charge in [0.05, 0.1) is 12.8 Å². The highest BCUT2D eigenvalue weighted by Gasteiger charge is 2.87. The minimum Gasteiger partial charge on any atom is -0.393 e. The van der Waals surface area contributed by atoms with Crippen LogP contribution < -0.4 is 0 Å². The van der Waals surface area contributed by atoms with E-state index in [2.05, 4.69) is 20.8 Å². The summed E-state index contributed by atoms with van der Waals surface area (Å²) in [6.45, 7) is 8.63. The van der Waals surface area contributed by atoms with Gasteiger partial charge < -0.3 is 5.11 Å². The first kappa shape index (κ1) is 22.1. The van der Waals surface area contributed by atoms with E-state index in [9.17, 15) is 9.50 Å². The maximum Gasteiger partial charge on any atom is 0.0866 e. The van der Waals surface area contributed by atoms with E-state index in [4.69, 9.17) is 0 Å². The minimum absolute atomic E-state index is 0.0407. The van der Waals surface area contributed by atoms with Gasteiger partial charge in [0, 0.05) is 0 Å². The van der Waals surface area contributed by atoms with Crippen LogP contribution in [-0.4, -0.2) is 17.9 Å². The summed E-state index contributed by atoms with van der Waals surface area (Å²) in [5, 5.41) is 10.9. The second-order valence-corrected chi connectivity index (χ2v) is 12.1. The third kappa shape index (κ3) is 3.08. The van der Waals surface area contributed by atoms with Gasteiger partial charge >= 0.3 is 0 Å². The molecule has 1 nitrogen and oxygen atoms in total. The summed E-state index contributed by atoms with van der Waals surface area (Å²) in [7, 11) is 0. The fourth-order valence-corrected chi connectivity index (χ4v) is 9.97. The Hall–Kier alpha value is -0.110. The molecule has 0 radical (unpaired) electrons. The summed E-state index contributed by atoms with van der Waals surface area (Å²) in [5.74, 6) is 4.47. The van der Waals surface area contributed by atoms with Crippen molar-refractivity contribution in [1.82, 2.24) is 0 Å². The molecule has 2 heteroatoms. The lowest BCUT2D eigenvalue weighted by molar-refractivity contribution is 0.0132. The van der Waals surface area contributed by atoms with Gasteiger partial charge in [-0.2, -0.15) is 0 Å². The number of unbranched alkanes of at least 4 members (excludes halogenated alkanes) is 1. The van der Waals surface area contributed by atoms with Gasteiger partial charge in [0.25, 0.3) is 0 Å². The standard InChI is InChI=1S/C25H42O.C2H5F/c1-17(2)8-4-5-9-18-11-12-21-23(18,3)15-13-22-24-14-7-6-10-19(24)20(26)16-25(21,22)24;1-2-3/h17-22,26H,4-16H2,1-3H3;2H2,1H3. The van der Waals surface area contributed by atoms with E-state index >= 15 is 0 Å². The lowest BCUT2D eigenvalue weighted by Gasteiger charge is -2.46. The molecule has 0 aromatic carbocycles. The van der Waals surface area contributed by atoms with Gasteiger partial charge in [0.2, 0.25) is 0 Å². The smallest absolute Gasteiger partial charge is 0.0866 e. The predicted octanol–water partition coefficient (Wildman–Crippen LogP) is 7.56. The van der Waals surface area contributed by atoms with Gasteiger partial charge in [-0.15, -0.1) is 0 Å². The largest absolute Gasteiger partial charge is 0.393 e. The van der Waals surface area contributed by atoms with Crippen LogP contribution in [0.4, 0.5) is 4.39 Å². The third-order valence-corrected chi connectivity index (χ3v) is 10.8. The molecule has 0 amide bonds. The number of aliphatic hydroxyl groups is 1. The summed E-state index contributed by atoms with van der Waals surface area (Å²) in [5.41, 5.74) is 1.78. The maximum atomic E-state index is 10.9. The highest BCUT2D eigenvalue weighted by atomic mass is 19.1. The van der Waals surface area contributed by atoms with E-state index in [0.717, 1.165) is 23.7 Å². The zero-order valence-corrected chi connectivity index (χ0v) is 19.7. The van der Waals surface area contributed by atoms with Crippen LogP contribution in [-0.2, 0) is 0 Å². The van der Waals surface area contributed by atoms with Crippen molar-refractivity contribution < 1.29 is 9.50 Å². The maximum absolute atomic E-state index is 10.9. The number of halogens is 1. The average Bonchev–Trinajstić information content (AvgIpc) is 2.93. The molecule has 0 bridgehead atoms. The molecule has 1 N–H and O–H groups in total. The molecule has 8 unspecified atom stereocenters. The number of hydrogen-bond acceptors (Lipinski definition) is 1. The fraction of sp³-hybridized carbons (Fsp3) is 1.00. The van der Waals surface area contributed by atoms with Gasteiger partial charge in [0.15, 0.2) is 0 Å². The van der Waals surface area contributed by atoms with Gasteiger partial charge in [-0.1, -0.05) is 52.9 Å². The Morgan fingerprint density at radius 3 is 2.45 bits per heavy atom. The number of alkyl halides is 1. The number of hydrogen-bond donors (Lipinski definition) is 1. The monoisotopic (exact) mass is 406 g/mol. The second-order valence-electron chi connectivity index (χ2n) is 12.1. The Bertz CT molecular complexity index is 575. The first-order valence-electron chi connectivity index (χ1n) is 13.1. The Labute approximate surface area is 179 Å². The third-order valence-electron chi connectivity index (χ3n) is 10.8. The van der Waals surface area contributed by atoms with Crippen LogP contribution >= 0.6 is 0 Å². The molecule has 5 fully saturated rings. The van der Waals surface area contributed by atoms with Crippen LogP contribution in [0.1, 0.15) is 111 Å². The Balaban J connectivity index is 0.000000645. The Morgan fingerprint density at radius 2 is 1.72 bits per heavy atom. The Morgan fingerprint density at radius 1 is 0.966 bits per heavy atom. The zero-order valence-electron chi connectivity index (χ0n) is 19.7. The number of fused-ring (bicyclic) bond motifs is 1. The molecule has 0 aromatic rings. The average molecular weight is 407 g/mol. The molecule has 2 spiro atoms. The zero-order chi connectivity index (χ0) is 20.9. The molecule has 8 atom stereocenters. The highest BCUT2D eigenvalue weighted by molar-refractivity contribution is 5.34. The summed E-state index contributed by atoms with van der Waals surface area (Å²) in [6.07, 6.45) is 18.6. The topological polar surface area (TPSA) is 20.2 Å². The summed E-state index contributed by atoms with van der Waals surface area (Å²) >= 11 is 0. The van der Waals surface area contributed by atoms with Crippen molar-refractivity contribution in [3.8, 4) is 0 Å². The quantitative estimate of drug-likeness (QED) is 0.467. The summed E-state index contributed by atoms with van der Waals surface area (Å²) in [6, 6.07) is 0. The molecule has 0 aromatic heterocycles. The van der Waals surface area contributed by atoms with Crippen molar-refractivity contribution in [3.63, 3.8) is 0 Å². The molecule has 5 rings (SSSR count). The van der Waals surface area contributed by atoms with E-state index in [1.807, 2.05) is 0 Å². The molecule has 5 aliphatic carbocycles. The molecule has 0 saturated heterocycles. The minimum atomic E-state index is -0.250. The van der Waals surface area contributed by atoms with Gasteiger partial charge in [-0.25, -0.2) is 0 Å². The lowest BCUT2D eigenvalue weighted by atomic mass is 9.59. The summed E-state index contributed by atoms with van der Waals surface area (Å²) in [4.78, 5) is 0. The highest BCUT2D eigenvalue weighted by Crippen LogP contribution is 2.91. The SMILES string of the molecule is CC(C)CCCCC1CCC2C1(C)CCC1C34CCCCC3C(O)CC214.CCF. The van der Waals surface area contributed by atoms with Gasteiger partial charge in [-0.05, 0) is 104 Å². The normalized spacial score (nSPS) is 49.6. The van der Waals surface area contributed by atoms with Crippen LogP contribution in [0.5, 0.6) is 0 Å². The molecular weight excluding hydrogens is 359 g/mol. The second kappa shape index (κ2) is 8.10. The first-order chi connectivity index (χ1) is 13.9. The van der Waals surface area contributed by atoms with Crippen molar-refractivity contribution in [2.75, 3.05) is 6.67 Å². The molecule has 29 heavy (non-hydrogen) atoms. The number of rotatable bonds is 5. The first-order valence-corrected chi connectivity index (χ1v) is 13.1. The van der Waals surface area contributed by atoms with E-state index in [1.165, 1.54) is 90.4 Å². The number of aliphatic hydroxyl groups excluding tert-OH is 1. The van der Waals surface area contributed by atoms with Crippen LogP contribution in [0.3, 0.4) is 0 Å². The fourth-order valence-electron chi connectivity index (χ4n) is 9.97. The molecule has 0 aliphatic heterocycles. The molecule has 5 saturated carbocycles. The van der Waals surface area contributed by atoms with Crippen molar-refractivity contribution in [3.05, 3.63) is 0 Å². The van der Waals surface area contributed by atoms with E-state index in [-0.39, 0.29) is 12.8 Å². The van der Waals surface area contributed by atoms with Crippen molar-refractivity contribution >= 4 is 0 Å². The molecular formula is C27H47FO. The van der Waals surface area contributed by atoms with Crippen molar-refractivity contribution in [2.45, 2.75) is 117 Å². The van der Waals surface area contributed by atoms with Crippen molar-refractivity contribution in [1.29, 1.82) is 0 Å². The lowest BCUT2D eigenvalue weighted by Crippen LogP contribution is -2.39. The summed E-state index contributed by atoms with van der Waals surface area (Å²) < 4.78 is 10.3. The Kier molecular flexibility index (Phi) is 6.17. The molecule has 0 heterocycles. The van der Waals surface area contributed by atoms with Gasteiger partial charge in [0.1, 0.15) is 0 Å². The van der Waals surface area contributed by atoms with Crippen molar-refractivity contribution in [2.24, 2.45) is 45.8 Å². The van der Waals surface area contributed by atoms with Crippen LogP contribution in [0.25, 0.3) is 0 Å². The van der Waals surface area contributed by atoms with E-state index < -0.39 is 0 Å². The van der Waals surface area contributed by atoms with Crippen LogP contribution in [0.15, 0.2) is 0 Å².